The van der Waals surface area contributed by atoms with Gasteiger partial charge in [0.2, 0.25) is 0 Å². The standard InChI is InChI=1S/2C8H9O.Cr/c2*1-7-5-3-4-6-8(7)9-2;/h2*3-6H,1H2,2H3;/q2*-1;+2. The first-order valence-electron chi connectivity index (χ1n) is 5.59. The molecule has 2 rings (SSSR count). The van der Waals surface area contributed by atoms with Crippen molar-refractivity contribution >= 4 is 0 Å². The number of hydrogen-bond donors (Lipinski definition) is 0. The predicted octanol–water partition coefficient (Wildman–Crippen LogP) is 3.75. The summed E-state index contributed by atoms with van der Waals surface area (Å²) in [6, 6.07) is 15.3. The molecule has 0 N–H and O–H groups in total. The summed E-state index contributed by atoms with van der Waals surface area (Å²) >= 11 is 0. The molecule has 2 aromatic rings. The summed E-state index contributed by atoms with van der Waals surface area (Å²) in [5.41, 5.74) is 1.86. The Bertz CT molecular complexity index is 438. The first-order chi connectivity index (χ1) is 8.69. The fraction of sp³-hybridized carbons (Fsp3) is 0.125. The second-order valence-electron chi connectivity index (χ2n) is 3.62. The molecule has 100 valence electrons. The molecule has 0 saturated heterocycles. The third kappa shape index (κ3) is 5.65. The molecule has 0 aliphatic rings. The van der Waals surface area contributed by atoms with Crippen LogP contribution in [0.25, 0.3) is 0 Å². The van der Waals surface area contributed by atoms with Gasteiger partial charge in [0.25, 0.3) is 0 Å². The quantitative estimate of drug-likeness (QED) is 0.785. The molecule has 0 bridgehead atoms. The Morgan fingerprint density at radius 3 is 1.21 bits per heavy atom. The Labute approximate surface area is 126 Å². The van der Waals surface area contributed by atoms with E-state index in [1.807, 2.05) is 48.5 Å². The summed E-state index contributed by atoms with van der Waals surface area (Å²) in [4.78, 5) is 0. The Kier molecular flexibility index (Phi) is 8.45. The monoisotopic (exact) mass is 294 g/mol. The van der Waals surface area contributed by atoms with Crippen molar-refractivity contribution in [1.29, 1.82) is 0 Å². The van der Waals surface area contributed by atoms with Crippen LogP contribution in [0.4, 0.5) is 0 Å². The van der Waals surface area contributed by atoms with Gasteiger partial charge in [-0.05, 0) is 0 Å². The molecule has 0 aliphatic carbocycles. The zero-order chi connectivity index (χ0) is 13.4. The van der Waals surface area contributed by atoms with Crippen LogP contribution in [0.3, 0.4) is 0 Å². The molecule has 2 nitrogen and oxygen atoms in total. The average Bonchev–Trinajstić information content (AvgIpc) is 2.41. The molecule has 0 radical (unpaired) electrons. The maximum absolute atomic E-state index is 4.98. The minimum Gasteiger partial charge on any atom is -0.554 e. The van der Waals surface area contributed by atoms with Crippen LogP contribution >= 0.6 is 0 Å². The van der Waals surface area contributed by atoms with Crippen LogP contribution in [0.5, 0.6) is 11.5 Å². The number of hydrogen-bond acceptors (Lipinski definition) is 2. The molecule has 2 aromatic carbocycles. The molecule has 0 aromatic heterocycles. The number of para-hydroxylation sites is 2. The Morgan fingerprint density at radius 2 is 1.00 bits per heavy atom. The molecule has 0 fully saturated rings. The average molecular weight is 294 g/mol. The van der Waals surface area contributed by atoms with Gasteiger partial charge >= 0.3 is 17.4 Å². The van der Waals surface area contributed by atoms with E-state index >= 15 is 0 Å². The van der Waals surface area contributed by atoms with E-state index in [4.69, 9.17) is 9.47 Å². The molecule has 3 heteroatoms. The zero-order valence-electron chi connectivity index (χ0n) is 11.3. The molecular formula is C16H18CrO2. The van der Waals surface area contributed by atoms with E-state index in [2.05, 4.69) is 13.8 Å². The summed E-state index contributed by atoms with van der Waals surface area (Å²) in [7, 11) is 3.29. The number of rotatable bonds is 2. The summed E-state index contributed by atoms with van der Waals surface area (Å²) in [5, 5.41) is 0. The van der Waals surface area contributed by atoms with Gasteiger partial charge in [0.15, 0.2) is 0 Å². The summed E-state index contributed by atoms with van der Waals surface area (Å²) in [6.07, 6.45) is 0. The largest absolute Gasteiger partial charge is 2.00 e. The van der Waals surface area contributed by atoms with E-state index in [9.17, 15) is 0 Å². The van der Waals surface area contributed by atoms with Gasteiger partial charge in [-0.1, -0.05) is 24.3 Å². The van der Waals surface area contributed by atoms with Crippen molar-refractivity contribution < 1.29 is 26.8 Å². The predicted molar refractivity (Wildman–Crippen MR) is 74.9 cm³/mol. The molecule has 0 atom stereocenters. The summed E-state index contributed by atoms with van der Waals surface area (Å²) in [5.74, 6) is 1.69. The molecule has 19 heavy (non-hydrogen) atoms. The van der Waals surface area contributed by atoms with Gasteiger partial charge in [-0.15, -0.1) is 12.1 Å². The maximum Gasteiger partial charge on any atom is 2.00 e. The van der Waals surface area contributed by atoms with Gasteiger partial charge in [-0.3, -0.25) is 0 Å². The maximum atomic E-state index is 4.98. The van der Waals surface area contributed by atoms with Crippen molar-refractivity contribution in [3.05, 3.63) is 73.5 Å². The molecule has 0 amide bonds. The third-order valence-corrected chi connectivity index (χ3v) is 2.39. The first-order valence-corrected chi connectivity index (χ1v) is 5.59. The van der Waals surface area contributed by atoms with Crippen molar-refractivity contribution in [3.8, 4) is 11.5 Å². The Hall–Kier alpha value is -1.69. The van der Waals surface area contributed by atoms with Crippen LogP contribution in [0, 0.1) is 13.8 Å². The van der Waals surface area contributed by atoms with Crippen LogP contribution in [-0.2, 0) is 17.4 Å². The molecular weight excluding hydrogens is 276 g/mol. The van der Waals surface area contributed by atoms with Crippen LogP contribution in [0.2, 0.25) is 0 Å². The van der Waals surface area contributed by atoms with Crippen molar-refractivity contribution in [1.82, 2.24) is 0 Å². The van der Waals surface area contributed by atoms with Gasteiger partial charge in [0, 0.05) is 11.5 Å². The number of methoxy groups -OCH3 is 2. The van der Waals surface area contributed by atoms with E-state index in [0.29, 0.717) is 0 Å². The van der Waals surface area contributed by atoms with Crippen LogP contribution in [0.1, 0.15) is 11.1 Å². The van der Waals surface area contributed by atoms with Gasteiger partial charge in [-0.25, -0.2) is 0 Å². The first kappa shape index (κ1) is 17.3. The normalized spacial score (nSPS) is 8.53. The van der Waals surface area contributed by atoms with Crippen molar-refractivity contribution in [3.63, 3.8) is 0 Å². The molecule has 0 heterocycles. The summed E-state index contributed by atoms with van der Waals surface area (Å²) in [6.45, 7) is 7.53. The van der Waals surface area contributed by atoms with E-state index in [0.717, 1.165) is 22.6 Å². The smallest absolute Gasteiger partial charge is 0.554 e. The number of ether oxygens (including phenoxy) is 2. The SMILES string of the molecule is [CH2-]c1ccccc1OC.[CH2-]c1ccccc1OC.[Cr+2]. The third-order valence-electron chi connectivity index (χ3n) is 2.39. The van der Waals surface area contributed by atoms with E-state index in [-0.39, 0.29) is 17.4 Å². The summed E-state index contributed by atoms with van der Waals surface area (Å²) < 4.78 is 9.96. The van der Waals surface area contributed by atoms with Crippen molar-refractivity contribution in [2.24, 2.45) is 0 Å². The fourth-order valence-electron chi connectivity index (χ4n) is 1.41. The van der Waals surface area contributed by atoms with E-state index in [1.54, 1.807) is 14.2 Å². The van der Waals surface area contributed by atoms with Gasteiger partial charge in [-0.2, -0.15) is 37.1 Å². The van der Waals surface area contributed by atoms with Crippen molar-refractivity contribution in [2.75, 3.05) is 14.2 Å². The van der Waals surface area contributed by atoms with Crippen LogP contribution < -0.4 is 9.47 Å². The van der Waals surface area contributed by atoms with Crippen molar-refractivity contribution in [2.45, 2.75) is 0 Å². The minimum absolute atomic E-state index is 0. The number of benzene rings is 2. The van der Waals surface area contributed by atoms with Gasteiger partial charge in [0.05, 0.1) is 14.2 Å². The molecule has 0 aliphatic heterocycles. The molecule has 0 spiro atoms. The van der Waals surface area contributed by atoms with Gasteiger partial charge < -0.3 is 9.47 Å². The zero-order valence-corrected chi connectivity index (χ0v) is 12.5. The Morgan fingerprint density at radius 1 is 0.684 bits per heavy atom. The van der Waals surface area contributed by atoms with Gasteiger partial charge in [0.1, 0.15) is 0 Å². The van der Waals surface area contributed by atoms with Crippen LogP contribution in [0.15, 0.2) is 48.5 Å². The molecule has 0 saturated carbocycles. The second-order valence-corrected chi connectivity index (χ2v) is 3.62. The minimum atomic E-state index is 0. The second kappa shape index (κ2) is 9.27. The fourth-order valence-corrected chi connectivity index (χ4v) is 1.41. The topological polar surface area (TPSA) is 18.5 Å². The molecule has 0 unspecified atom stereocenters. The van der Waals surface area contributed by atoms with E-state index in [1.165, 1.54) is 0 Å². The van der Waals surface area contributed by atoms with E-state index < -0.39 is 0 Å². The Balaban J connectivity index is 0.000000324. The van der Waals surface area contributed by atoms with Crippen LogP contribution in [-0.4, -0.2) is 14.2 Å².